The highest BCUT2D eigenvalue weighted by atomic mass is 16.4. The number of rotatable bonds is 8. The van der Waals surface area contributed by atoms with Gasteiger partial charge in [0.25, 0.3) is 5.91 Å². The smallest absolute Gasteiger partial charge is 0.335 e. The number of hydrogen-bond donors (Lipinski definition) is 2. The predicted molar refractivity (Wildman–Crippen MR) is 129 cm³/mol. The fraction of sp³-hybridized carbons (Fsp3) is 0.400. The van der Waals surface area contributed by atoms with Gasteiger partial charge in [0.1, 0.15) is 0 Å². The zero-order valence-electron chi connectivity index (χ0n) is 19.5. The van der Waals surface area contributed by atoms with Crippen LogP contribution >= 0.6 is 0 Å². The van der Waals surface area contributed by atoms with Crippen LogP contribution < -0.4 is 10.2 Å². The third kappa shape index (κ3) is 6.10. The highest BCUT2D eigenvalue weighted by Gasteiger charge is 2.23. The number of aromatic carboxylic acids is 1. The van der Waals surface area contributed by atoms with Crippen LogP contribution in [0.5, 0.6) is 0 Å². The first-order valence-corrected chi connectivity index (χ1v) is 11.3. The number of carboxylic acids is 1. The van der Waals surface area contributed by atoms with Crippen LogP contribution in [0.15, 0.2) is 42.5 Å². The third-order valence-electron chi connectivity index (χ3n) is 5.96. The average Bonchev–Trinajstić information content (AvgIpc) is 2.80. The first kappa shape index (κ1) is 24.3. The second-order valence-corrected chi connectivity index (χ2v) is 8.19. The normalized spacial score (nSPS) is 14.1. The fourth-order valence-electron chi connectivity index (χ4n) is 4.04. The predicted octanol–water partition coefficient (Wildman–Crippen LogP) is 2.94. The minimum atomic E-state index is -1.05. The van der Waals surface area contributed by atoms with Crippen LogP contribution in [0.3, 0.4) is 0 Å². The largest absolute Gasteiger partial charge is 0.478 e. The lowest BCUT2D eigenvalue weighted by Gasteiger charge is -2.37. The molecule has 0 radical (unpaired) electrons. The molecule has 1 aliphatic heterocycles. The van der Waals surface area contributed by atoms with Gasteiger partial charge in [-0.2, -0.15) is 0 Å². The van der Waals surface area contributed by atoms with Crippen LogP contribution in [0.2, 0.25) is 0 Å². The number of hydrogen-bond acceptors (Lipinski definition) is 5. The molecule has 2 aromatic rings. The number of nitrogens with zero attached hydrogens (tertiary/aromatic N) is 3. The number of nitrogens with one attached hydrogen (secondary N) is 1. The van der Waals surface area contributed by atoms with E-state index >= 15 is 0 Å². The lowest BCUT2D eigenvalue weighted by Crippen LogP contribution is -2.50. The summed E-state index contributed by atoms with van der Waals surface area (Å²) in [4.78, 5) is 42.9. The van der Waals surface area contributed by atoms with Crippen molar-refractivity contribution in [2.24, 2.45) is 0 Å². The van der Waals surface area contributed by atoms with E-state index in [4.69, 9.17) is 0 Å². The number of benzene rings is 2. The second-order valence-electron chi connectivity index (χ2n) is 8.19. The van der Waals surface area contributed by atoms with Crippen molar-refractivity contribution in [2.75, 3.05) is 56.0 Å². The van der Waals surface area contributed by atoms with Gasteiger partial charge in [0.15, 0.2) is 0 Å². The average molecular weight is 453 g/mol. The molecule has 0 aromatic heterocycles. The minimum Gasteiger partial charge on any atom is -0.478 e. The van der Waals surface area contributed by atoms with Crippen molar-refractivity contribution in [3.05, 3.63) is 59.2 Å². The molecule has 1 fully saturated rings. The van der Waals surface area contributed by atoms with Gasteiger partial charge < -0.3 is 20.2 Å². The Morgan fingerprint density at radius 3 is 2.27 bits per heavy atom. The molecule has 2 amide bonds. The second kappa shape index (κ2) is 11.0. The van der Waals surface area contributed by atoms with Gasteiger partial charge in [-0.1, -0.05) is 17.7 Å². The van der Waals surface area contributed by atoms with Crippen molar-refractivity contribution in [1.29, 1.82) is 0 Å². The van der Waals surface area contributed by atoms with Gasteiger partial charge in [0.05, 0.1) is 23.5 Å². The molecule has 3 rings (SSSR count). The molecule has 0 atom stereocenters. The number of carbonyl (C=O) groups is 3. The number of likely N-dealkylation sites (N-methyl/N-ethyl adjacent to an activating group) is 1. The van der Waals surface area contributed by atoms with Crippen molar-refractivity contribution in [3.63, 3.8) is 0 Å². The summed E-state index contributed by atoms with van der Waals surface area (Å²) in [7, 11) is 0. The molecule has 1 aliphatic rings. The topological polar surface area (TPSA) is 93.2 Å². The van der Waals surface area contributed by atoms with Gasteiger partial charge in [-0.15, -0.1) is 0 Å². The lowest BCUT2D eigenvalue weighted by atomic mass is 10.1. The molecular weight excluding hydrogens is 420 g/mol. The quantitative estimate of drug-likeness (QED) is 0.640. The first-order valence-electron chi connectivity index (χ1n) is 11.3. The van der Waals surface area contributed by atoms with Crippen LogP contribution in [-0.2, 0) is 4.79 Å². The number of anilines is 2. The van der Waals surface area contributed by atoms with E-state index in [2.05, 4.69) is 15.1 Å². The van der Waals surface area contributed by atoms with Gasteiger partial charge in [0, 0.05) is 44.8 Å². The van der Waals surface area contributed by atoms with E-state index in [0.29, 0.717) is 57.1 Å². The van der Waals surface area contributed by atoms with Gasteiger partial charge >= 0.3 is 5.97 Å². The summed E-state index contributed by atoms with van der Waals surface area (Å²) in [5.41, 5.74) is 2.84. The Bertz CT molecular complexity index is 1010. The van der Waals surface area contributed by atoms with E-state index in [-0.39, 0.29) is 17.4 Å². The summed E-state index contributed by atoms with van der Waals surface area (Å²) in [6, 6.07) is 12.1. The summed E-state index contributed by atoms with van der Waals surface area (Å²) < 4.78 is 0. The van der Waals surface area contributed by atoms with Crippen molar-refractivity contribution in [1.82, 2.24) is 9.80 Å². The Labute approximate surface area is 194 Å². The maximum absolute atomic E-state index is 12.8. The molecule has 33 heavy (non-hydrogen) atoms. The van der Waals surface area contributed by atoms with Gasteiger partial charge in [-0.05, 0) is 51.1 Å². The van der Waals surface area contributed by atoms with E-state index < -0.39 is 5.97 Å². The highest BCUT2D eigenvalue weighted by molar-refractivity contribution is 6.06. The Morgan fingerprint density at radius 1 is 0.970 bits per heavy atom. The maximum atomic E-state index is 12.8. The molecule has 2 aromatic carbocycles. The van der Waals surface area contributed by atoms with Crippen LogP contribution in [-0.4, -0.2) is 78.5 Å². The third-order valence-corrected chi connectivity index (χ3v) is 5.96. The van der Waals surface area contributed by atoms with Crippen molar-refractivity contribution < 1.29 is 19.5 Å². The monoisotopic (exact) mass is 452 g/mol. The standard InChI is InChI=1S/C25H32N4O4/c1-4-28(5-2)23(30)17-27-11-13-29(14-12-27)22-10-9-20(25(32)33)16-21(22)26-24(31)19-8-6-7-18(3)15-19/h6-10,15-16H,4-5,11-14,17H2,1-3H3,(H,26,31)(H,32,33). The molecule has 0 saturated carbocycles. The summed E-state index contributed by atoms with van der Waals surface area (Å²) in [6.07, 6.45) is 0. The molecule has 0 aliphatic carbocycles. The zero-order chi connectivity index (χ0) is 24.0. The van der Waals surface area contributed by atoms with Gasteiger partial charge in [-0.25, -0.2) is 4.79 Å². The molecule has 0 spiro atoms. The van der Waals surface area contributed by atoms with Crippen LogP contribution in [0.25, 0.3) is 0 Å². The summed E-state index contributed by atoms with van der Waals surface area (Å²) in [6.45, 7) is 10.4. The SMILES string of the molecule is CCN(CC)C(=O)CN1CCN(c2ccc(C(=O)O)cc2NC(=O)c2cccc(C)c2)CC1. The van der Waals surface area contributed by atoms with E-state index in [0.717, 1.165) is 11.3 Å². The Balaban J connectivity index is 1.74. The molecule has 8 heteroatoms. The van der Waals surface area contributed by atoms with E-state index in [9.17, 15) is 19.5 Å². The van der Waals surface area contributed by atoms with E-state index in [1.807, 2.05) is 37.8 Å². The van der Waals surface area contributed by atoms with E-state index in [1.165, 1.54) is 6.07 Å². The summed E-state index contributed by atoms with van der Waals surface area (Å²) in [5.74, 6) is -1.20. The van der Waals surface area contributed by atoms with Gasteiger partial charge in [-0.3, -0.25) is 14.5 Å². The Hall–Kier alpha value is -3.39. The number of carboxylic acid groups (broad SMARTS) is 1. The van der Waals surface area contributed by atoms with Crippen molar-refractivity contribution in [3.8, 4) is 0 Å². The van der Waals surface area contributed by atoms with Crippen LogP contribution in [0.4, 0.5) is 11.4 Å². The number of amides is 2. The Morgan fingerprint density at radius 2 is 1.67 bits per heavy atom. The molecule has 0 bridgehead atoms. The highest BCUT2D eigenvalue weighted by Crippen LogP contribution is 2.29. The first-order chi connectivity index (χ1) is 15.8. The molecule has 176 valence electrons. The maximum Gasteiger partial charge on any atom is 0.335 e. The summed E-state index contributed by atoms with van der Waals surface area (Å²) in [5, 5.41) is 12.3. The number of piperazine rings is 1. The van der Waals surface area contributed by atoms with Crippen LogP contribution in [0, 0.1) is 6.92 Å². The molecule has 0 unspecified atom stereocenters. The van der Waals surface area contributed by atoms with E-state index in [1.54, 1.807) is 24.3 Å². The number of aryl methyl sites for hydroxylation is 1. The summed E-state index contributed by atoms with van der Waals surface area (Å²) >= 11 is 0. The lowest BCUT2D eigenvalue weighted by molar-refractivity contribution is -0.132. The number of carbonyl (C=O) groups excluding carboxylic acids is 2. The Kier molecular flexibility index (Phi) is 8.06. The van der Waals surface area contributed by atoms with Crippen molar-refractivity contribution in [2.45, 2.75) is 20.8 Å². The molecule has 2 N–H and O–H groups in total. The minimum absolute atomic E-state index is 0.113. The van der Waals surface area contributed by atoms with Crippen molar-refractivity contribution >= 4 is 29.2 Å². The van der Waals surface area contributed by atoms with Crippen LogP contribution in [0.1, 0.15) is 40.1 Å². The molecular formula is C25H32N4O4. The molecule has 1 heterocycles. The fourth-order valence-corrected chi connectivity index (χ4v) is 4.04. The van der Waals surface area contributed by atoms with Gasteiger partial charge in [0.2, 0.25) is 5.91 Å². The molecule has 8 nitrogen and oxygen atoms in total. The molecule has 1 saturated heterocycles. The zero-order valence-corrected chi connectivity index (χ0v) is 19.5.